The Kier molecular flexibility index (Phi) is 6.52. The zero-order valence-corrected chi connectivity index (χ0v) is 18.5. The van der Waals surface area contributed by atoms with Gasteiger partial charge in [-0.2, -0.15) is 4.31 Å². The first-order valence-corrected chi connectivity index (χ1v) is 11.8. The van der Waals surface area contributed by atoms with Gasteiger partial charge in [0.15, 0.2) is 0 Å². The average Bonchev–Trinajstić information content (AvgIpc) is 3.20. The number of nitrogens with zero attached hydrogens (tertiary/aromatic N) is 3. The van der Waals surface area contributed by atoms with Crippen molar-refractivity contribution < 1.29 is 22.4 Å². The SMILES string of the molecule is COc1ccc(C(=O)Nc2cccc(-c3nnco3)c2)cc1S(=O)(=O)N1CCCCCC1. The maximum absolute atomic E-state index is 13.3. The second kappa shape index (κ2) is 9.49. The van der Waals surface area contributed by atoms with Crippen LogP contribution in [0.2, 0.25) is 0 Å². The highest BCUT2D eigenvalue weighted by atomic mass is 32.2. The fourth-order valence-electron chi connectivity index (χ4n) is 3.67. The molecular weight excluding hydrogens is 432 g/mol. The molecule has 2 heterocycles. The molecule has 2 aromatic carbocycles. The number of hydrogen-bond acceptors (Lipinski definition) is 7. The number of benzene rings is 2. The predicted octanol–water partition coefficient (Wildman–Crippen LogP) is 3.56. The van der Waals surface area contributed by atoms with Crippen molar-refractivity contribution in [2.24, 2.45) is 0 Å². The molecule has 1 fully saturated rings. The first kappa shape index (κ1) is 22.0. The van der Waals surface area contributed by atoms with Crippen LogP contribution in [0.4, 0.5) is 5.69 Å². The third-order valence-electron chi connectivity index (χ3n) is 5.34. The van der Waals surface area contributed by atoms with Gasteiger partial charge in [-0.1, -0.05) is 18.9 Å². The normalized spacial score (nSPS) is 15.2. The fourth-order valence-corrected chi connectivity index (χ4v) is 5.37. The second-order valence-corrected chi connectivity index (χ2v) is 9.37. The van der Waals surface area contributed by atoms with E-state index in [-0.39, 0.29) is 16.2 Å². The summed E-state index contributed by atoms with van der Waals surface area (Å²) in [4.78, 5) is 12.9. The van der Waals surface area contributed by atoms with Gasteiger partial charge in [0.1, 0.15) is 10.6 Å². The van der Waals surface area contributed by atoms with Crippen molar-refractivity contribution in [3.05, 3.63) is 54.4 Å². The van der Waals surface area contributed by atoms with Crippen LogP contribution in [-0.4, -0.2) is 49.0 Å². The number of aromatic nitrogens is 2. The highest BCUT2D eigenvalue weighted by Crippen LogP contribution is 2.30. The van der Waals surface area contributed by atoms with Gasteiger partial charge in [-0.15, -0.1) is 10.2 Å². The van der Waals surface area contributed by atoms with Gasteiger partial charge in [-0.25, -0.2) is 8.42 Å². The molecule has 0 bridgehead atoms. The minimum atomic E-state index is -3.79. The lowest BCUT2D eigenvalue weighted by Gasteiger charge is -2.21. The van der Waals surface area contributed by atoms with Crippen LogP contribution in [0.5, 0.6) is 5.75 Å². The van der Waals surface area contributed by atoms with E-state index in [4.69, 9.17) is 9.15 Å². The monoisotopic (exact) mass is 456 g/mol. The van der Waals surface area contributed by atoms with Crippen LogP contribution in [0.3, 0.4) is 0 Å². The Hall–Kier alpha value is -3.24. The molecule has 0 saturated carbocycles. The van der Waals surface area contributed by atoms with Crippen LogP contribution in [0, 0.1) is 0 Å². The molecule has 0 aliphatic carbocycles. The zero-order valence-electron chi connectivity index (χ0n) is 17.7. The number of carbonyl (C=O) groups excluding carboxylic acids is 1. The number of amides is 1. The van der Waals surface area contributed by atoms with Gasteiger partial charge in [-0.05, 0) is 49.2 Å². The van der Waals surface area contributed by atoms with Crippen molar-refractivity contribution in [3.63, 3.8) is 0 Å². The maximum atomic E-state index is 13.3. The summed E-state index contributed by atoms with van der Waals surface area (Å²) in [6.07, 6.45) is 4.88. The van der Waals surface area contributed by atoms with E-state index in [1.54, 1.807) is 24.3 Å². The summed E-state index contributed by atoms with van der Waals surface area (Å²) in [5.41, 5.74) is 1.38. The maximum Gasteiger partial charge on any atom is 0.255 e. The number of methoxy groups -OCH3 is 1. The number of rotatable bonds is 6. The minimum absolute atomic E-state index is 0.00541. The Labute approximate surface area is 186 Å². The summed E-state index contributed by atoms with van der Waals surface area (Å²) in [6.45, 7) is 0.925. The van der Waals surface area contributed by atoms with Crippen LogP contribution >= 0.6 is 0 Å². The third kappa shape index (κ3) is 4.66. The molecule has 1 N–H and O–H groups in total. The smallest absolute Gasteiger partial charge is 0.255 e. The van der Waals surface area contributed by atoms with Crippen molar-refractivity contribution in [2.75, 3.05) is 25.5 Å². The Bertz CT molecular complexity index is 1190. The van der Waals surface area contributed by atoms with E-state index < -0.39 is 15.9 Å². The quantitative estimate of drug-likeness (QED) is 0.603. The molecule has 0 radical (unpaired) electrons. The summed E-state index contributed by atoms with van der Waals surface area (Å²) in [7, 11) is -2.38. The molecule has 32 heavy (non-hydrogen) atoms. The molecule has 0 spiro atoms. The summed E-state index contributed by atoms with van der Waals surface area (Å²) < 4.78 is 38.6. The van der Waals surface area contributed by atoms with Crippen molar-refractivity contribution >= 4 is 21.6 Å². The van der Waals surface area contributed by atoms with E-state index >= 15 is 0 Å². The van der Waals surface area contributed by atoms with Gasteiger partial charge >= 0.3 is 0 Å². The number of nitrogens with one attached hydrogen (secondary N) is 1. The standard InChI is InChI=1S/C22H24N4O5S/c1-30-19-10-9-16(14-20(19)32(28,29)26-11-4-2-3-5-12-26)21(27)24-18-8-6-7-17(13-18)22-25-23-15-31-22/h6-10,13-15H,2-5,11-12H2,1H3,(H,24,27). The molecule has 0 unspecified atom stereocenters. The van der Waals surface area contributed by atoms with Crippen LogP contribution < -0.4 is 10.1 Å². The van der Waals surface area contributed by atoms with Gasteiger partial charge in [0.05, 0.1) is 7.11 Å². The molecule has 168 valence electrons. The molecular formula is C22H24N4O5S. The molecule has 1 aliphatic rings. The minimum Gasteiger partial charge on any atom is -0.495 e. The molecule has 10 heteroatoms. The third-order valence-corrected chi connectivity index (χ3v) is 7.26. The molecule has 1 aliphatic heterocycles. The number of carbonyl (C=O) groups is 1. The van der Waals surface area contributed by atoms with Gasteiger partial charge < -0.3 is 14.5 Å². The van der Waals surface area contributed by atoms with E-state index in [2.05, 4.69) is 15.5 Å². The van der Waals surface area contributed by atoms with Crippen molar-refractivity contribution in [3.8, 4) is 17.2 Å². The average molecular weight is 457 g/mol. The van der Waals surface area contributed by atoms with Crippen molar-refractivity contribution in [2.45, 2.75) is 30.6 Å². The van der Waals surface area contributed by atoms with E-state index in [0.717, 1.165) is 25.7 Å². The van der Waals surface area contributed by atoms with Gasteiger partial charge in [0.25, 0.3) is 5.91 Å². The van der Waals surface area contributed by atoms with Crippen LogP contribution in [0.25, 0.3) is 11.5 Å². The molecule has 3 aromatic rings. The lowest BCUT2D eigenvalue weighted by molar-refractivity contribution is 0.102. The highest BCUT2D eigenvalue weighted by molar-refractivity contribution is 7.89. The number of sulfonamides is 1. The molecule has 1 saturated heterocycles. The lowest BCUT2D eigenvalue weighted by atomic mass is 10.1. The zero-order chi connectivity index (χ0) is 22.6. The number of anilines is 1. The van der Waals surface area contributed by atoms with E-state index in [1.165, 1.54) is 36.0 Å². The molecule has 9 nitrogen and oxygen atoms in total. The van der Waals surface area contributed by atoms with Crippen LogP contribution in [0.15, 0.2) is 58.2 Å². The summed E-state index contributed by atoms with van der Waals surface area (Å²) in [6, 6.07) is 11.4. The largest absolute Gasteiger partial charge is 0.495 e. The van der Waals surface area contributed by atoms with E-state index in [9.17, 15) is 13.2 Å². The van der Waals surface area contributed by atoms with Gasteiger partial charge in [0, 0.05) is 29.9 Å². The van der Waals surface area contributed by atoms with E-state index in [1.807, 2.05) is 0 Å². The van der Waals surface area contributed by atoms with Crippen LogP contribution in [-0.2, 0) is 10.0 Å². The van der Waals surface area contributed by atoms with Gasteiger partial charge in [-0.3, -0.25) is 4.79 Å². The Morgan fingerprint density at radius 1 is 1.09 bits per heavy atom. The lowest BCUT2D eigenvalue weighted by Crippen LogP contribution is -2.32. The highest BCUT2D eigenvalue weighted by Gasteiger charge is 2.29. The van der Waals surface area contributed by atoms with E-state index in [0.29, 0.717) is 30.2 Å². The Morgan fingerprint density at radius 2 is 1.88 bits per heavy atom. The van der Waals surface area contributed by atoms with Crippen LogP contribution in [0.1, 0.15) is 36.0 Å². The van der Waals surface area contributed by atoms with Gasteiger partial charge in [0.2, 0.25) is 22.3 Å². The number of hydrogen-bond donors (Lipinski definition) is 1. The summed E-state index contributed by atoms with van der Waals surface area (Å²) in [5.74, 6) is 0.100. The fraction of sp³-hybridized carbons (Fsp3) is 0.318. The predicted molar refractivity (Wildman–Crippen MR) is 118 cm³/mol. The number of ether oxygens (including phenoxy) is 1. The molecule has 1 aromatic heterocycles. The van der Waals surface area contributed by atoms with Crippen molar-refractivity contribution in [1.82, 2.24) is 14.5 Å². The first-order chi connectivity index (χ1) is 15.5. The van der Waals surface area contributed by atoms with Crippen molar-refractivity contribution in [1.29, 1.82) is 0 Å². The Morgan fingerprint density at radius 3 is 2.56 bits per heavy atom. The second-order valence-electron chi connectivity index (χ2n) is 7.46. The molecule has 4 rings (SSSR count). The molecule has 0 atom stereocenters. The molecule has 1 amide bonds. The first-order valence-electron chi connectivity index (χ1n) is 10.4. The summed E-state index contributed by atoms with van der Waals surface area (Å²) in [5, 5.41) is 10.3. The Balaban J connectivity index is 1.61. The topological polar surface area (TPSA) is 115 Å². The summed E-state index contributed by atoms with van der Waals surface area (Å²) >= 11 is 0.